The van der Waals surface area contributed by atoms with Gasteiger partial charge in [-0.1, -0.05) is 45.6 Å². The Morgan fingerprint density at radius 2 is 2.00 bits per heavy atom. The summed E-state index contributed by atoms with van der Waals surface area (Å²) in [5.41, 5.74) is 1.37. The molecule has 0 aromatic rings. The van der Waals surface area contributed by atoms with Crippen molar-refractivity contribution < 1.29 is 0 Å². The summed E-state index contributed by atoms with van der Waals surface area (Å²) in [5, 5.41) is 3.67. The van der Waals surface area contributed by atoms with E-state index in [1.165, 1.54) is 50.6 Å². The Labute approximate surface area is 121 Å². The monoisotopic (exact) mass is 265 g/mol. The first-order valence-electron chi connectivity index (χ1n) is 8.38. The van der Waals surface area contributed by atoms with E-state index in [0.717, 1.165) is 30.2 Å². The molecule has 0 bridgehead atoms. The quantitative estimate of drug-likeness (QED) is 0.607. The molecule has 1 rings (SSSR count). The maximum atomic E-state index is 4.14. The van der Waals surface area contributed by atoms with E-state index < -0.39 is 0 Å². The fourth-order valence-electron chi connectivity index (χ4n) is 3.62. The smallest absolute Gasteiger partial charge is 0.00176 e. The van der Waals surface area contributed by atoms with Gasteiger partial charge in [-0.15, -0.1) is 6.58 Å². The summed E-state index contributed by atoms with van der Waals surface area (Å²) in [7, 11) is 0. The molecule has 112 valence electrons. The van der Waals surface area contributed by atoms with Crippen molar-refractivity contribution in [3.05, 3.63) is 12.2 Å². The van der Waals surface area contributed by atoms with Gasteiger partial charge in [-0.2, -0.15) is 0 Å². The molecule has 1 aliphatic rings. The van der Waals surface area contributed by atoms with Crippen LogP contribution in [-0.2, 0) is 0 Å². The Hall–Kier alpha value is -0.300. The van der Waals surface area contributed by atoms with Gasteiger partial charge in [0.1, 0.15) is 0 Å². The predicted octanol–water partition coefficient (Wildman–Crippen LogP) is 5.03. The first-order chi connectivity index (χ1) is 9.02. The highest BCUT2D eigenvalue weighted by Gasteiger charge is 2.29. The molecule has 1 saturated carbocycles. The van der Waals surface area contributed by atoms with Crippen molar-refractivity contribution in [2.75, 3.05) is 13.1 Å². The summed E-state index contributed by atoms with van der Waals surface area (Å²) in [6.45, 7) is 15.6. The van der Waals surface area contributed by atoms with Crippen LogP contribution in [0.3, 0.4) is 0 Å². The summed E-state index contributed by atoms with van der Waals surface area (Å²) < 4.78 is 0. The first kappa shape index (κ1) is 16.8. The number of rotatable bonds is 8. The van der Waals surface area contributed by atoms with E-state index >= 15 is 0 Å². The van der Waals surface area contributed by atoms with E-state index in [1.807, 2.05) is 0 Å². The van der Waals surface area contributed by atoms with Gasteiger partial charge in [0.05, 0.1) is 0 Å². The summed E-state index contributed by atoms with van der Waals surface area (Å²) in [5.74, 6) is 3.50. The van der Waals surface area contributed by atoms with Crippen LogP contribution in [0.25, 0.3) is 0 Å². The summed E-state index contributed by atoms with van der Waals surface area (Å²) >= 11 is 0. The van der Waals surface area contributed by atoms with Gasteiger partial charge in [-0.25, -0.2) is 0 Å². The molecule has 3 unspecified atom stereocenters. The standard InChI is InChI=1S/C18H35N/c1-6-7-16-8-9-17(13-19-12-15(4)5)18(11-16)10-14(2)3/h15-19H,2,6-13H2,1,3-5H3. The SMILES string of the molecule is C=C(C)CC1CC(CCC)CCC1CNCC(C)C. The summed E-state index contributed by atoms with van der Waals surface area (Å²) in [4.78, 5) is 0. The van der Waals surface area contributed by atoms with Gasteiger partial charge >= 0.3 is 0 Å². The third-order valence-corrected chi connectivity index (χ3v) is 4.52. The van der Waals surface area contributed by atoms with Gasteiger partial charge in [-0.3, -0.25) is 0 Å². The normalized spacial score (nSPS) is 27.7. The fraction of sp³-hybridized carbons (Fsp3) is 0.889. The molecule has 1 aliphatic carbocycles. The zero-order chi connectivity index (χ0) is 14.3. The summed E-state index contributed by atoms with van der Waals surface area (Å²) in [6.07, 6.45) is 8.34. The van der Waals surface area contributed by atoms with Gasteiger partial charge in [-0.05, 0) is 62.9 Å². The Morgan fingerprint density at radius 3 is 2.58 bits per heavy atom. The molecule has 0 radical (unpaired) electrons. The molecule has 0 saturated heterocycles. The largest absolute Gasteiger partial charge is 0.316 e. The Morgan fingerprint density at radius 1 is 1.26 bits per heavy atom. The van der Waals surface area contributed by atoms with Gasteiger partial charge < -0.3 is 5.32 Å². The lowest BCUT2D eigenvalue weighted by Gasteiger charge is -2.37. The third kappa shape index (κ3) is 6.61. The summed E-state index contributed by atoms with van der Waals surface area (Å²) in [6, 6.07) is 0. The number of allylic oxidation sites excluding steroid dienone is 1. The Balaban J connectivity index is 2.45. The third-order valence-electron chi connectivity index (χ3n) is 4.52. The highest BCUT2D eigenvalue weighted by molar-refractivity contribution is 4.94. The highest BCUT2D eigenvalue weighted by Crippen LogP contribution is 2.38. The lowest BCUT2D eigenvalue weighted by atomic mass is 9.70. The minimum Gasteiger partial charge on any atom is -0.316 e. The molecular formula is C18H35N. The average Bonchev–Trinajstić information content (AvgIpc) is 2.31. The zero-order valence-corrected chi connectivity index (χ0v) is 13.7. The molecule has 0 aromatic heterocycles. The maximum Gasteiger partial charge on any atom is -0.00176 e. The molecule has 0 aromatic carbocycles. The maximum absolute atomic E-state index is 4.14. The van der Waals surface area contributed by atoms with E-state index in [2.05, 4.69) is 39.6 Å². The van der Waals surface area contributed by atoms with Crippen LogP contribution in [0.5, 0.6) is 0 Å². The van der Waals surface area contributed by atoms with Crippen molar-refractivity contribution in [2.45, 2.75) is 66.2 Å². The van der Waals surface area contributed by atoms with Crippen LogP contribution in [0.1, 0.15) is 66.2 Å². The molecule has 1 nitrogen and oxygen atoms in total. The van der Waals surface area contributed by atoms with Crippen molar-refractivity contribution in [3.8, 4) is 0 Å². The van der Waals surface area contributed by atoms with E-state index in [-0.39, 0.29) is 0 Å². The van der Waals surface area contributed by atoms with Crippen LogP contribution in [0, 0.1) is 23.7 Å². The van der Waals surface area contributed by atoms with Crippen molar-refractivity contribution in [2.24, 2.45) is 23.7 Å². The highest BCUT2D eigenvalue weighted by atomic mass is 14.9. The Bertz CT molecular complexity index is 256. The molecule has 1 heteroatoms. The van der Waals surface area contributed by atoms with Crippen LogP contribution in [-0.4, -0.2) is 13.1 Å². The van der Waals surface area contributed by atoms with Gasteiger partial charge in [0.25, 0.3) is 0 Å². The molecule has 1 fully saturated rings. The molecule has 1 N–H and O–H groups in total. The molecule has 0 spiro atoms. The van der Waals surface area contributed by atoms with Crippen LogP contribution in [0.4, 0.5) is 0 Å². The first-order valence-corrected chi connectivity index (χ1v) is 8.38. The molecular weight excluding hydrogens is 230 g/mol. The molecule has 0 aliphatic heterocycles. The minimum atomic E-state index is 0.760. The predicted molar refractivity (Wildman–Crippen MR) is 86.4 cm³/mol. The lowest BCUT2D eigenvalue weighted by Crippen LogP contribution is -2.34. The fourth-order valence-corrected chi connectivity index (χ4v) is 3.62. The second kappa shape index (κ2) is 8.79. The number of hydrogen-bond donors (Lipinski definition) is 1. The van der Waals surface area contributed by atoms with Crippen molar-refractivity contribution >= 4 is 0 Å². The molecule has 0 amide bonds. The van der Waals surface area contributed by atoms with E-state index in [1.54, 1.807) is 0 Å². The van der Waals surface area contributed by atoms with Crippen molar-refractivity contribution in [1.29, 1.82) is 0 Å². The topological polar surface area (TPSA) is 12.0 Å². The number of hydrogen-bond acceptors (Lipinski definition) is 1. The Kier molecular flexibility index (Phi) is 7.75. The van der Waals surface area contributed by atoms with Crippen LogP contribution in [0.2, 0.25) is 0 Å². The average molecular weight is 265 g/mol. The van der Waals surface area contributed by atoms with Gasteiger partial charge in [0.2, 0.25) is 0 Å². The van der Waals surface area contributed by atoms with E-state index in [0.29, 0.717) is 0 Å². The van der Waals surface area contributed by atoms with Crippen LogP contribution in [0.15, 0.2) is 12.2 Å². The van der Waals surface area contributed by atoms with Crippen LogP contribution >= 0.6 is 0 Å². The second-order valence-corrected chi connectivity index (χ2v) is 7.20. The van der Waals surface area contributed by atoms with Gasteiger partial charge in [0.15, 0.2) is 0 Å². The lowest BCUT2D eigenvalue weighted by molar-refractivity contribution is 0.166. The molecule has 0 heterocycles. The molecule has 19 heavy (non-hydrogen) atoms. The zero-order valence-electron chi connectivity index (χ0n) is 13.7. The number of nitrogens with one attached hydrogen (secondary N) is 1. The van der Waals surface area contributed by atoms with Crippen molar-refractivity contribution in [1.82, 2.24) is 5.32 Å². The van der Waals surface area contributed by atoms with E-state index in [9.17, 15) is 0 Å². The van der Waals surface area contributed by atoms with Gasteiger partial charge in [0, 0.05) is 0 Å². The second-order valence-electron chi connectivity index (χ2n) is 7.20. The minimum absolute atomic E-state index is 0.760. The molecule has 3 atom stereocenters. The van der Waals surface area contributed by atoms with Crippen LogP contribution < -0.4 is 5.32 Å². The van der Waals surface area contributed by atoms with Crippen molar-refractivity contribution in [3.63, 3.8) is 0 Å². The van der Waals surface area contributed by atoms with E-state index in [4.69, 9.17) is 0 Å².